The van der Waals surface area contributed by atoms with E-state index in [0.29, 0.717) is 17.8 Å². The molecule has 6 nitrogen and oxygen atoms in total. The van der Waals surface area contributed by atoms with Crippen molar-refractivity contribution >= 4 is 17.6 Å². The van der Waals surface area contributed by atoms with Crippen LogP contribution in [0.15, 0.2) is 29.4 Å². The lowest BCUT2D eigenvalue weighted by Crippen LogP contribution is -2.41. The molecule has 0 spiro atoms. The molecule has 1 N–H and O–H groups in total. The fourth-order valence-electron chi connectivity index (χ4n) is 3.35. The summed E-state index contributed by atoms with van der Waals surface area (Å²) in [5.74, 6) is -2.15. The van der Waals surface area contributed by atoms with Crippen LogP contribution in [0.5, 0.6) is 0 Å². The van der Waals surface area contributed by atoms with Gasteiger partial charge in [-0.25, -0.2) is 0 Å². The summed E-state index contributed by atoms with van der Waals surface area (Å²) in [5.41, 5.74) is -0.804. The van der Waals surface area contributed by atoms with Crippen molar-refractivity contribution < 1.29 is 27.6 Å². The summed E-state index contributed by atoms with van der Waals surface area (Å²) in [6.45, 7) is 3.88. The fraction of sp³-hybridized carbons (Fsp3) is 0.500. The Morgan fingerprint density at radius 3 is 2.44 bits per heavy atom. The number of carbonyl (C=O) groups is 2. The maximum absolute atomic E-state index is 12.8. The van der Waals surface area contributed by atoms with Crippen LogP contribution in [0.2, 0.25) is 0 Å². The molecule has 0 unspecified atom stereocenters. The van der Waals surface area contributed by atoms with Crippen LogP contribution in [-0.4, -0.2) is 41.7 Å². The highest BCUT2D eigenvalue weighted by molar-refractivity contribution is 6.09. The van der Waals surface area contributed by atoms with E-state index in [1.807, 2.05) is 13.8 Å². The molecule has 1 saturated heterocycles. The number of likely N-dealkylation sites (N-methyl/N-ethyl adjacent to an activating group) is 1. The SMILES string of the molecule is CN1C[C@H](c2ccc(C(F)(F)F)cc2)[C@@H](C(=O)NC2=NOC(C)(C)C2)C1=O. The third-order valence-electron chi connectivity index (χ3n) is 4.73. The molecule has 1 fully saturated rings. The molecule has 2 heterocycles. The van der Waals surface area contributed by atoms with Gasteiger partial charge in [0.2, 0.25) is 11.8 Å². The minimum absolute atomic E-state index is 0.247. The Kier molecular flexibility index (Phi) is 4.65. The Morgan fingerprint density at radius 2 is 1.93 bits per heavy atom. The van der Waals surface area contributed by atoms with E-state index in [4.69, 9.17) is 4.84 Å². The molecule has 0 saturated carbocycles. The number of amides is 2. The number of nitrogens with one attached hydrogen (secondary N) is 1. The number of hydrogen-bond acceptors (Lipinski definition) is 4. The van der Waals surface area contributed by atoms with Gasteiger partial charge in [-0.05, 0) is 31.5 Å². The highest BCUT2D eigenvalue weighted by atomic mass is 19.4. The normalized spacial score (nSPS) is 24.6. The zero-order chi connectivity index (χ0) is 20.0. The summed E-state index contributed by atoms with van der Waals surface area (Å²) < 4.78 is 38.3. The van der Waals surface area contributed by atoms with Gasteiger partial charge in [0, 0.05) is 19.5 Å². The second kappa shape index (κ2) is 6.54. The molecule has 1 aromatic carbocycles. The minimum atomic E-state index is -4.44. The summed E-state index contributed by atoms with van der Waals surface area (Å²) >= 11 is 0. The molecule has 3 rings (SSSR count). The lowest BCUT2D eigenvalue weighted by atomic mass is 9.87. The van der Waals surface area contributed by atoms with Gasteiger partial charge in [0.15, 0.2) is 5.84 Å². The van der Waals surface area contributed by atoms with E-state index in [1.54, 1.807) is 7.05 Å². The fourth-order valence-corrected chi connectivity index (χ4v) is 3.35. The Hall–Kier alpha value is -2.58. The average Bonchev–Trinajstić information content (AvgIpc) is 3.06. The van der Waals surface area contributed by atoms with Gasteiger partial charge < -0.3 is 15.1 Å². The van der Waals surface area contributed by atoms with Crippen LogP contribution in [0.4, 0.5) is 13.2 Å². The van der Waals surface area contributed by atoms with E-state index in [9.17, 15) is 22.8 Å². The standard InChI is InChI=1S/C18H20F3N3O3/c1-17(2)8-13(23-27-17)22-15(25)14-12(9-24(3)16(14)26)10-4-6-11(7-5-10)18(19,20)21/h4-7,12,14H,8-9H2,1-3H3,(H,22,23,25)/t12-,14+/m1/s1. The van der Waals surface area contributed by atoms with E-state index in [-0.39, 0.29) is 12.5 Å². The minimum Gasteiger partial charge on any atom is -0.388 e. The molecule has 0 radical (unpaired) electrons. The van der Waals surface area contributed by atoms with Crippen LogP contribution < -0.4 is 5.32 Å². The van der Waals surface area contributed by atoms with E-state index in [1.165, 1.54) is 17.0 Å². The summed E-state index contributed by atoms with van der Waals surface area (Å²) in [6.07, 6.45) is -4.05. The second-order valence-electron chi connectivity index (χ2n) is 7.48. The van der Waals surface area contributed by atoms with Gasteiger partial charge in [-0.15, -0.1) is 0 Å². The van der Waals surface area contributed by atoms with Crippen molar-refractivity contribution in [2.24, 2.45) is 11.1 Å². The summed E-state index contributed by atoms with van der Waals surface area (Å²) in [7, 11) is 1.56. The Morgan fingerprint density at radius 1 is 1.30 bits per heavy atom. The highest BCUT2D eigenvalue weighted by Crippen LogP contribution is 2.36. The Balaban J connectivity index is 1.80. The van der Waals surface area contributed by atoms with E-state index in [2.05, 4.69) is 10.5 Å². The molecule has 2 aliphatic heterocycles. The molecular weight excluding hydrogens is 363 g/mol. The Bertz CT molecular complexity index is 787. The average molecular weight is 383 g/mol. The predicted molar refractivity (Wildman–Crippen MR) is 90.7 cm³/mol. The number of likely N-dealkylation sites (tertiary alicyclic amines) is 1. The predicted octanol–water partition coefficient (Wildman–Crippen LogP) is 2.51. The molecule has 0 bridgehead atoms. The summed E-state index contributed by atoms with van der Waals surface area (Å²) in [6, 6.07) is 4.56. The van der Waals surface area contributed by atoms with E-state index >= 15 is 0 Å². The number of amidine groups is 1. The van der Waals surface area contributed by atoms with Crippen molar-refractivity contribution in [3.8, 4) is 0 Å². The number of carbonyl (C=O) groups excluding carboxylic acids is 2. The van der Waals surface area contributed by atoms with Crippen LogP contribution >= 0.6 is 0 Å². The van der Waals surface area contributed by atoms with Gasteiger partial charge in [-0.3, -0.25) is 9.59 Å². The maximum Gasteiger partial charge on any atom is 0.416 e. The molecule has 0 aromatic heterocycles. The van der Waals surface area contributed by atoms with Crippen LogP contribution in [0.1, 0.15) is 37.3 Å². The Labute approximate surface area is 154 Å². The number of alkyl halides is 3. The zero-order valence-corrected chi connectivity index (χ0v) is 15.1. The van der Waals surface area contributed by atoms with Crippen molar-refractivity contribution in [1.29, 1.82) is 0 Å². The first-order valence-electron chi connectivity index (χ1n) is 8.46. The topological polar surface area (TPSA) is 71.0 Å². The third kappa shape index (κ3) is 3.91. The van der Waals surface area contributed by atoms with Gasteiger partial charge in [0.25, 0.3) is 0 Å². The molecule has 0 aliphatic carbocycles. The van der Waals surface area contributed by atoms with Gasteiger partial charge in [0.05, 0.1) is 12.0 Å². The molecule has 2 aliphatic rings. The largest absolute Gasteiger partial charge is 0.416 e. The van der Waals surface area contributed by atoms with Crippen molar-refractivity contribution in [2.75, 3.05) is 13.6 Å². The smallest absolute Gasteiger partial charge is 0.388 e. The number of benzene rings is 1. The number of oxime groups is 1. The number of rotatable bonds is 2. The third-order valence-corrected chi connectivity index (χ3v) is 4.73. The van der Waals surface area contributed by atoms with Crippen LogP contribution in [0.25, 0.3) is 0 Å². The molecule has 146 valence electrons. The zero-order valence-electron chi connectivity index (χ0n) is 15.1. The maximum atomic E-state index is 12.8. The van der Waals surface area contributed by atoms with E-state index in [0.717, 1.165) is 12.1 Å². The monoisotopic (exact) mass is 383 g/mol. The lowest BCUT2D eigenvalue weighted by Gasteiger charge is -2.18. The molecule has 27 heavy (non-hydrogen) atoms. The first-order valence-corrected chi connectivity index (χ1v) is 8.46. The van der Waals surface area contributed by atoms with Crippen molar-refractivity contribution in [1.82, 2.24) is 10.2 Å². The van der Waals surface area contributed by atoms with Crippen molar-refractivity contribution in [2.45, 2.75) is 38.0 Å². The second-order valence-corrected chi connectivity index (χ2v) is 7.48. The van der Waals surface area contributed by atoms with Gasteiger partial charge in [-0.1, -0.05) is 17.3 Å². The molecular formula is C18H20F3N3O3. The number of nitrogens with zero attached hydrogens (tertiary/aromatic N) is 2. The van der Waals surface area contributed by atoms with Gasteiger partial charge in [0.1, 0.15) is 11.5 Å². The molecule has 1 aromatic rings. The first kappa shape index (κ1) is 19.2. The number of halogens is 3. The summed E-state index contributed by atoms with van der Waals surface area (Å²) in [5, 5.41) is 6.44. The van der Waals surface area contributed by atoms with Gasteiger partial charge in [-0.2, -0.15) is 13.2 Å². The van der Waals surface area contributed by atoms with Crippen molar-refractivity contribution in [3.05, 3.63) is 35.4 Å². The highest BCUT2D eigenvalue weighted by Gasteiger charge is 2.45. The quantitative estimate of drug-likeness (QED) is 0.798. The molecule has 9 heteroatoms. The van der Waals surface area contributed by atoms with Crippen LogP contribution in [0, 0.1) is 5.92 Å². The van der Waals surface area contributed by atoms with Crippen LogP contribution in [0.3, 0.4) is 0 Å². The number of hydrogen-bond donors (Lipinski definition) is 1. The van der Waals surface area contributed by atoms with Gasteiger partial charge >= 0.3 is 6.18 Å². The van der Waals surface area contributed by atoms with Crippen molar-refractivity contribution in [3.63, 3.8) is 0 Å². The first-order chi connectivity index (χ1) is 12.5. The van der Waals surface area contributed by atoms with Crippen LogP contribution in [-0.2, 0) is 20.6 Å². The van der Waals surface area contributed by atoms with E-state index < -0.39 is 35.1 Å². The lowest BCUT2D eigenvalue weighted by molar-refractivity contribution is -0.138. The summed E-state index contributed by atoms with van der Waals surface area (Å²) in [4.78, 5) is 31.8. The molecule has 2 amide bonds. The molecule has 2 atom stereocenters.